The molecule has 4 rings (SSSR count). The smallest absolute Gasteiger partial charge is 0.272 e. The van der Waals surface area contributed by atoms with Crippen LogP contribution in [0.1, 0.15) is 30.3 Å². The average Bonchev–Trinajstić information content (AvgIpc) is 2.87. The van der Waals surface area contributed by atoms with Gasteiger partial charge in [0.05, 0.1) is 39.6 Å². The van der Waals surface area contributed by atoms with E-state index < -0.39 is 0 Å². The second-order valence-electron chi connectivity index (χ2n) is 8.47. The number of benzene rings is 2. The molecule has 0 aliphatic carbocycles. The number of anilines is 2. The van der Waals surface area contributed by atoms with Crippen molar-refractivity contribution in [2.24, 2.45) is 5.92 Å². The van der Waals surface area contributed by atoms with Gasteiger partial charge in [-0.3, -0.25) is 4.79 Å². The standard InChI is InChI=1S/C26H31N3O5/c1-16-7-6-10-29(15-16)26(30)21-13-19(27-17-8-9-22(31-2)23(11-17)32-3)18-12-24(33-4)25(34-5)14-20(18)28-21/h8-9,11-14,16H,6-7,10,15H2,1-5H3,(H,27,28)/t16-/m0/s1. The number of carbonyl (C=O) groups is 1. The molecule has 2 aromatic carbocycles. The van der Waals surface area contributed by atoms with Crippen molar-refractivity contribution in [1.29, 1.82) is 0 Å². The molecule has 3 aromatic rings. The predicted molar refractivity (Wildman–Crippen MR) is 132 cm³/mol. The molecular formula is C26H31N3O5. The van der Waals surface area contributed by atoms with E-state index in [0.29, 0.717) is 40.1 Å². The molecule has 34 heavy (non-hydrogen) atoms. The van der Waals surface area contributed by atoms with Gasteiger partial charge in [-0.25, -0.2) is 4.98 Å². The Morgan fingerprint density at radius 1 is 0.941 bits per heavy atom. The highest BCUT2D eigenvalue weighted by molar-refractivity contribution is 6.01. The fraction of sp³-hybridized carbons (Fsp3) is 0.385. The molecule has 1 N–H and O–H groups in total. The molecule has 0 spiro atoms. The molecule has 0 bridgehead atoms. The largest absolute Gasteiger partial charge is 0.493 e. The Bertz CT molecular complexity index is 1200. The van der Waals surface area contributed by atoms with Gasteiger partial charge in [-0.1, -0.05) is 6.92 Å². The van der Waals surface area contributed by atoms with Crippen LogP contribution in [0.2, 0.25) is 0 Å². The van der Waals surface area contributed by atoms with Gasteiger partial charge in [0.15, 0.2) is 23.0 Å². The van der Waals surface area contributed by atoms with Gasteiger partial charge in [-0.05, 0) is 43.0 Å². The summed E-state index contributed by atoms with van der Waals surface area (Å²) in [5.41, 5.74) is 2.53. The number of hydrogen-bond donors (Lipinski definition) is 1. The van der Waals surface area contributed by atoms with Crippen molar-refractivity contribution in [1.82, 2.24) is 9.88 Å². The predicted octanol–water partition coefficient (Wildman–Crippen LogP) is 4.88. The number of amides is 1. The summed E-state index contributed by atoms with van der Waals surface area (Å²) in [5.74, 6) is 2.77. The van der Waals surface area contributed by atoms with Crippen molar-refractivity contribution in [3.8, 4) is 23.0 Å². The lowest BCUT2D eigenvalue weighted by molar-refractivity contribution is 0.0677. The molecule has 1 fully saturated rings. The highest BCUT2D eigenvalue weighted by Gasteiger charge is 2.24. The van der Waals surface area contributed by atoms with E-state index in [1.807, 2.05) is 29.2 Å². The van der Waals surface area contributed by atoms with Gasteiger partial charge in [-0.2, -0.15) is 0 Å². The first kappa shape index (κ1) is 23.5. The van der Waals surface area contributed by atoms with Crippen LogP contribution in [0.3, 0.4) is 0 Å². The van der Waals surface area contributed by atoms with Crippen LogP contribution in [0.15, 0.2) is 36.4 Å². The molecule has 1 aromatic heterocycles. The Balaban J connectivity index is 1.81. The maximum atomic E-state index is 13.4. The number of ether oxygens (including phenoxy) is 4. The zero-order chi connectivity index (χ0) is 24.2. The topological polar surface area (TPSA) is 82.2 Å². The minimum Gasteiger partial charge on any atom is -0.493 e. The Labute approximate surface area is 199 Å². The van der Waals surface area contributed by atoms with Crippen LogP contribution in [0.4, 0.5) is 11.4 Å². The summed E-state index contributed by atoms with van der Waals surface area (Å²) in [6, 6.07) is 11.0. The third-order valence-electron chi connectivity index (χ3n) is 6.14. The van der Waals surface area contributed by atoms with Crippen LogP contribution in [0, 0.1) is 5.92 Å². The van der Waals surface area contributed by atoms with Gasteiger partial charge in [0.25, 0.3) is 5.91 Å². The molecule has 0 unspecified atom stereocenters. The summed E-state index contributed by atoms with van der Waals surface area (Å²) in [6.07, 6.45) is 2.14. The van der Waals surface area contributed by atoms with Crippen LogP contribution >= 0.6 is 0 Å². The second kappa shape index (κ2) is 10.1. The van der Waals surface area contributed by atoms with Crippen molar-refractivity contribution < 1.29 is 23.7 Å². The van der Waals surface area contributed by atoms with E-state index in [9.17, 15) is 4.79 Å². The molecule has 0 radical (unpaired) electrons. The number of aromatic nitrogens is 1. The minimum absolute atomic E-state index is 0.0707. The molecule has 8 nitrogen and oxygen atoms in total. The van der Waals surface area contributed by atoms with E-state index in [-0.39, 0.29) is 5.91 Å². The highest BCUT2D eigenvalue weighted by Crippen LogP contribution is 2.37. The summed E-state index contributed by atoms with van der Waals surface area (Å²) < 4.78 is 21.8. The second-order valence-corrected chi connectivity index (χ2v) is 8.47. The van der Waals surface area contributed by atoms with Crippen molar-refractivity contribution in [3.05, 3.63) is 42.1 Å². The molecular weight excluding hydrogens is 434 g/mol. The highest BCUT2D eigenvalue weighted by atomic mass is 16.5. The van der Waals surface area contributed by atoms with Gasteiger partial charge in [-0.15, -0.1) is 0 Å². The van der Waals surface area contributed by atoms with E-state index in [4.69, 9.17) is 23.9 Å². The lowest BCUT2D eigenvalue weighted by Gasteiger charge is -2.30. The van der Waals surface area contributed by atoms with Crippen molar-refractivity contribution >= 4 is 28.2 Å². The molecule has 8 heteroatoms. The van der Waals surface area contributed by atoms with Crippen LogP contribution in [-0.2, 0) is 0 Å². The van der Waals surface area contributed by atoms with Crippen LogP contribution in [0.5, 0.6) is 23.0 Å². The summed E-state index contributed by atoms with van der Waals surface area (Å²) in [7, 11) is 6.36. The number of pyridine rings is 1. The Kier molecular flexibility index (Phi) is 6.95. The minimum atomic E-state index is -0.0707. The maximum absolute atomic E-state index is 13.4. The molecule has 1 aliphatic heterocycles. The first-order valence-corrected chi connectivity index (χ1v) is 11.3. The van der Waals surface area contributed by atoms with Gasteiger partial charge in [0.1, 0.15) is 5.69 Å². The van der Waals surface area contributed by atoms with Crippen LogP contribution in [-0.4, -0.2) is 57.3 Å². The van der Waals surface area contributed by atoms with Gasteiger partial charge in [0, 0.05) is 36.3 Å². The third-order valence-corrected chi connectivity index (χ3v) is 6.14. The molecule has 1 amide bonds. The normalized spacial score (nSPS) is 15.7. The number of nitrogens with one attached hydrogen (secondary N) is 1. The van der Waals surface area contributed by atoms with Crippen molar-refractivity contribution in [3.63, 3.8) is 0 Å². The number of likely N-dealkylation sites (tertiary alicyclic amines) is 1. The third kappa shape index (κ3) is 4.66. The Morgan fingerprint density at radius 2 is 1.62 bits per heavy atom. The van der Waals surface area contributed by atoms with Crippen molar-refractivity contribution in [2.45, 2.75) is 19.8 Å². The van der Waals surface area contributed by atoms with E-state index in [2.05, 4.69) is 12.2 Å². The SMILES string of the molecule is COc1ccc(Nc2cc(C(=O)N3CCC[C@H](C)C3)nc3cc(OC)c(OC)cc23)cc1OC. The van der Waals surface area contributed by atoms with E-state index in [0.717, 1.165) is 42.7 Å². The van der Waals surface area contributed by atoms with Crippen LogP contribution < -0.4 is 24.3 Å². The first-order valence-electron chi connectivity index (χ1n) is 11.3. The zero-order valence-corrected chi connectivity index (χ0v) is 20.3. The fourth-order valence-electron chi connectivity index (χ4n) is 4.37. The van der Waals surface area contributed by atoms with E-state index in [1.54, 1.807) is 40.6 Å². The number of nitrogens with zero attached hydrogens (tertiary/aromatic N) is 2. The number of hydrogen-bond acceptors (Lipinski definition) is 7. The average molecular weight is 466 g/mol. The monoisotopic (exact) mass is 465 g/mol. The lowest BCUT2D eigenvalue weighted by Crippen LogP contribution is -2.39. The Morgan fingerprint density at radius 3 is 2.29 bits per heavy atom. The summed E-state index contributed by atoms with van der Waals surface area (Å²) in [5, 5.41) is 4.23. The molecule has 1 atom stereocenters. The lowest BCUT2D eigenvalue weighted by atomic mass is 10.00. The summed E-state index contributed by atoms with van der Waals surface area (Å²) >= 11 is 0. The number of rotatable bonds is 7. The van der Waals surface area contributed by atoms with E-state index in [1.165, 1.54) is 0 Å². The molecule has 1 aliphatic rings. The number of fused-ring (bicyclic) bond motifs is 1. The molecule has 0 saturated carbocycles. The molecule has 1 saturated heterocycles. The summed E-state index contributed by atoms with van der Waals surface area (Å²) in [4.78, 5) is 20.0. The number of methoxy groups -OCH3 is 4. The zero-order valence-electron chi connectivity index (χ0n) is 20.3. The number of piperidine rings is 1. The first-order chi connectivity index (χ1) is 16.5. The van der Waals surface area contributed by atoms with Crippen molar-refractivity contribution in [2.75, 3.05) is 46.8 Å². The fourth-order valence-corrected chi connectivity index (χ4v) is 4.37. The van der Waals surface area contributed by atoms with E-state index >= 15 is 0 Å². The maximum Gasteiger partial charge on any atom is 0.272 e. The molecule has 180 valence electrons. The van der Waals surface area contributed by atoms with Crippen LogP contribution in [0.25, 0.3) is 10.9 Å². The summed E-state index contributed by atoms with van der Waals surface area (Å²) in [6.45, 7) is 3.66. The molecule has 2 heterocycles. The quantitative estimate of drug-likeness (QED) is 0.532. The van der Waals surface area contributed by atoms with Gasteiger partial charge in [0.2, 0.25) is 0 Å². The number of carbonyl (C=O) groups excluding carboxylic acids is 1. The van der Waals surface area contributed by atoms with Gasteiger partial charge >= 0.3 is 0 Å². The van der Waals surface area contributed by atoms with Gasteiger partial charge < -0.3 is 29.2 Å². The Hall–Kier alpha value is -3.68.